The molecule has 14 heavy (non-hydrogen) atoms. The molecule has 2 aromatic rings. The summed E-state index contributed by atoms with van der Waals surface area (Å²) in [4.78, 5) is 5.44. The van der Waals surface area contributed by atoms with Gasteiger partial charge in [-0.15, -0.1) is 16.4 Å². The Morgan fingerprint density at radius 3 is 3.00 bits per heavy atom. The average Bonchev–Trinajstić information content (AvgIpc) is 2.77. The van der Waals surface area contributed by atoms with Crippen LogP contribution in [0.15, 0.2) is 11.6 Å². The number of aromatic nitrogens is 3. The molecule has 0 saturated heterocycles. The number of hydrogen-bond acceptors (Lipinski definition) is 6. The molecule has 0 fully saturated rings. The third-order valence-electron chi connectivity index (χ3n) is 1.68. The molecular formula is C8H10N4S2. The molecule has 0 aromatic carbocycles. The fourth-order valence-electron chi connectivity index (χ4n) is 1.06. The van der Waals surface area contributed by atoms with Crippen molar-refractivity contribution in [1.82, 2.24) is 19.9 Å². The van der Waals surface area contributed by atoms with Gasteiger partial charge in [0.2, 0.25) is 0 Å². The molecule has 0 aliphatic carbocycles. The van der Waals surface area contributed by atoms with Gasteiger partial charge in [-0.1, -0.05) is 4.49 Å². The molecule has 74 valence electrons. The molecule has 0 amide bonds. The van der Waals surface area contributed by atoms with Crippen LogP contribution in [-0.4, -0.2) is 14.6 Å². The largest absolute Gasteiger partial charge is 0.306 e. The molecule has 0 aliphatic heterocycles. The number of hydrogen-bond donors (Lipinski definition) is 1. The Morgan fingerprint density at radius 1 is 1.43 bits per heavy atom. The van der Waals surface area contributed by atoms with E-state index < -0.39 is 0 Å². The summed E-state index contributed by atoms with van der Waals surface area (Å²) in [6.45, 7) is 3.63. The van der Waals surface area contributed by atoms with Gasteiger partial charge in [-0.3, -0.25) is 0 Å². The lowest BCUT2D eigenvalue weighted by Crippen LogP contribution is -2.11. The van der Waals surface area contributed by atoms with Crippen LogP contribution < -0.4 is 5.32 Å². The van der Waals surface area contributed by atoms with Crippen LogP contribution in [0.3, 0.4) is 0 Å². The lowest BCUT2D eigenvalue weighted by atomic mass is 10.4. The molecule has 0 radical (unpaired) electrons. The van der Waals surface area contributed by atoms with Crippen LogP contribution in [0.25, 0.3) is 0 Å². The van der Waals surface area contributed by atoms with E-state index in [2.05, 4.69) is 19.9 Å². The van der Waals surface area contributed by atoms with E-state index in [9.17, 15) is 0 Å². The highest BCUT2D eigenvalue weighted by Crippen LogP contribution is 2.10. The summed E-state index contributed by atoms with van der Waals surface area (Å²) in [5.41, 5.74) is 0.997. The molecule has 0 spiro atoms. The van der Waals surface area contributed by atoms with Gasteiger partial charge in [0.25, 0.3) is 0 Å². The summed E-state index contributed by atoms with van der Waals surface area (Å²) in [5, 5.41) is 10.3. The fraction of sp³-hybridized carbons (Fsp3) is 0.375. The SMILES string of the molecule is Cc1ncc(CNCc2csnn2)s1. The molecule has 1 N–H and O–H groups in total. The lowest BCUT2D eigenvalue weighted by molar-refractivity contribution is 0.683. The van der Waals surface area contributed by atoms with Gasteiger partial charge >= 0.3 is 0 Å². The van der Waals surface area contributed by atoms with Crippen LogP contribution in [0.2, 0.25) is 0 Å². The highest BCUT2D eigenvalue weighted by molar-refractivity contribution is 7.11. The van der Waals surface area contributed by atoms with Crippen LogP contribution in [0.5, 0.6) is 0 Å². The maximum absolute atomic E-state index is 4.18. The Bertz CT molecular complexity index is 382. The first-order valence-electron chi connectivity index (χ1n) is 4.22. The summed E-state index contributed by atoms with van der Waals surface area (Å²) in [7, 11) is 0. The molecule has 2 rings (SSSR count). The highest BCUT2D eigenvalue weighted by atomic mass is 32.1. The third kappa shape index (κ3) is 2.57. The van der Waals surface area contributed by atoms with Crippen molar-refractivity contribution in [3.63, 3.8) is 0 Å². The zero-order chi connectivity index (χ0) is 9.80. The standard InChI is InChI=1S/C8H10N4S2/c1-6-10-4-8(14-6)3-9-2-7-5-13-12-11-7/h4-5,9H,2-3H2,1H3. The van der Waals surface area contributed by atoms with E-state index in [1.54, 1.807) is 11.3 Å². The van der Waals surface area contributed by atoms with Crippen LogP contribution in [0.1, 0.15) is 15.6 Å². The topological polar surface area (TPSA) is 50.7 Å². The van der Waals surface area contributed by atoms with E-state index in [0.717, 1.165) is 23.8 Å². The maximum atomic E-state index is 4.18. The van der Waals surface area contributed by atoms with Gasteiger partial charge < -0.3 is 5.32 Å². The second-order valence-corrected chi connectivity index (χ2v) is 4.77. The van der Waals surface area contributed by atoms with Crippen molar-refractivity contribution in [2.75, 3.05) is 0 Å². The Labute approximate surface area is 90.2 Å². The first-order chi connectivity index (χ1) is 6.84. The van der Waals surface area contributed by atoms with Crippen molar-refractivity contribution in [2.45, 2.75) is 20.0 Å². The van der Waals surface area contributed by atoms with Crippen molar-refractivity contribution in [1.29, 1.82) is 0 Å². The molecule has 0 atom stereocenters. The smallest absolute Gasteiger partial charge is 0.0897 e. The van der Waals surface area contributed by atoms with Crippen molar-refractivity contribution >= 4 is 22.9 Å². The predicted octanol–water partition coefficient (Wildman–Crippen LogP) is 1.59. The molecule has 0 aliphatic rings. The number of nitrogens with one attached hydrogen (secondary N) is 1. The van der Waals surface area contributed by atoms with Crippen molar-refractivity contribution in [2.24, 2.45) is 0 Å². The van der Waals surface area contributed by atoms with E-state index in [1.807, 2.05) is 18.5 Å². The van der Waals surface area contributed by atoms with E-state index in [4.69, 9.17) is 0 Å². The number of aryl methyl sites for hydroxylation is 1. The van der Waals surface area contributed by atoms with Gasteiger partial charge in [-0.25, -0.2) is 4.98 Å². The summed E-state index contributed by atoms with van der Waals surface area (Å²) in [5.74, 6) is 0. The highest BCUT2D eigenvalue weighted by Gasteiger charge is 1.99. The van der Waals surface area contributed by atoms with Crippen molar-refractivity contribution < 1.29 is 0 Å². The van der Waals surface area contributed by atoms with Crippen LogP contribution in [-0.2, 0) is 13.1 Å². The van der Waals surface area contributed by atoms with Gasteiger partial charge in [0.05, 0.1) is 10.7 Å². The van der Waals surface area contributed by atoms with Crippen molar-refractivity contribution in [3.8, 4) is 0 Å². The normalized spacial score (nSPS) is 10.6. The van der Waals surface area contributed by atoms with Gasteiger partial charge in [-0.2, -0.15) is 0 Å². The quantitative estimate of drug-likeness (QED) is 0.860. The molecule has 2 aromatic heterocycles. The number of thiazole rings is 1. The first kappa shape index (κ1) is 9.70. The Hall–Kier alpha value is -0.850. The number of nitrogens with zero attached hydrogens (tertiary/aromatic N) is 3. The van der Waals surface area contributed by atoms with E-state index in [1.165, 1.54) is 16.4 Å². The number of rotatable bonds is 4. The molecular weight excluding hydrogens is 216 g/mol. The van der Waals surface area contributed by atoms with Crippen LogP contribution in [0, 0.1) is 6.92 Å². The molecule has 0 unspecified atom stereocenters. The Morgan fingerprint density at radius 2 is 2.36 bits per heavy atom. The van der Waals surface area contributed by atoms with Crippen LogP contribution in [0.4, 0.5) is 0 Å². The maximum Gasteiger partial charge on any atom is 0.0897 e. The minimum Gasteiger partial charge on any atom is -0.306 e. The lowest BCUT2D eigenvalue weighted by Gasteiger charge is -1.97. The second kappa shape index (κ2) is 4.59. The summed E-state index contributed by atoms with van der Waals surface area (Å²) < 4.78 is 3.79. The van der Waals surface area contributed by atoms with Crippen LogP contribution >= 0.6 is 22.9 Å². The summed E-state index contributed by atoms with van der Waals surface area (Å²) >= 11 is 3.10. The minimum absolute atomic E-state index is 0.771. The fourth-order valence-corrected chi connectivity index (χ4v) is 2.28. The van der Waals surface area contributed by atoms with E-state index in [0.29, 0.717) is 0 Å². The van der Waals surface area contributed by atoms with E-state index in [-0.39, 0.29) is 0 Å². The average molecular weight is 226 g/mol. The van der Waals surface area contributed by atoms with Gasteiger partial charge in [0, 0.05) is 29.5 Å². The monoisotopic (exact) mass is 226 g/mol. The summed E-state index contributed by atoms with van der Waals surface area (Å²) in [6.07, 6.45) is 1.91. The zero-order valence-electron chi connectivity index (χ0n) is 7.73. The first-order valence-corrected chi connectivity index (χ1v) is 5.88. The predicted molar refractivity (Wildman–Crippen MR) is 57.3 cm³/mol. The molecule has 0 saturated carbocycles. The Balaban J connectivity index is 1.78. The van der Waals surface area contributed by atoms with Gasteiger partial charge in [0.15, 0.2) is 0 Å². The Kier molecular flexibility index (Phi) is 3.18. The van der Waals surface area contributed by atoms with Crippen molar-refractivity contribution in [3.05, 3.63) is 27.2 Å². The van der Waals surface area contributed by atoms with Gasteiger partial charge in [-0.05, 0) is 18.5 Å². The molecule has 0 bridgehead atoms. The molecule has 4 nitrogen and oxygen atoms in total. The molecule has 6 heteroatoms. The zero-order valence-corrected chi connectivity index (χ0v) is 9.36. The third-order valence-corrected chi connectivity index (χ3v) is 3.15. The second-order valence-electron chi connectivity index (χ2n) is 2.85. The van der Waals surface area contributed by atoms with Gasteiger partial charge in [0.1, 0.15) is 0 Å². The molecule has 2 heterocycles. The summed E-state index contributed by atoms with van der Waals surface area (Å²) in [6, 6.07) is 0. The van der Waals surface area contributed by atoms with E-state index >= 15 is 0 Å². The minimum atomic E-state index is 0.771.